The monoisotopic (exact) mass is 447 g/mol. The molecule has 0 bridgehead atoms. The highest BCUT2D eigenvalue weighted by molar-refractivity contribution is 5.94. The van der Waals surface area contributed by atoms with Gasteiger partial charge in [0, 0.05) is 18.0 Å². The lowest BCUT2D eigenvalue weighted by atomic mass is 9.86. The topological polar surface area (TPSA) is 148 Å². The van der Waals surface area contributed by atoms with Gasteiger partial charge in [0.15, 0.2) is 0 Å². The fourth-order valence-corrected chi connectivity index (χ4v) is 5.80. The van der Waals surface area contributed by atoms with E-state index in [1.807, 2.05) is 20.8 Å². The van der Waals surface area contributed by atoms with Crippen molar-refractivity contribution in [2.24, 2.45) is 40.1 Å². The first-order valence-electron chi connectivity index (χ1n) is 11.7. The van der Waals surface area contributed by atoms with E-state index >= 15 is 0 Å². The van der Waals surface area contributed by atoms with Crippen molar-refractivity contribution in [2.45, 2.75) is 84.0 Å². The van der Waals surface area contributed by atoms with Gasteiger partial charge in [-0.25, -0.2) is 0 Å². The molecule has 4 rings (SSSR count). The number of hydrogen-bond acceptors (Lipinski definition) is 5. The number of nitrogens with zero attached hydrogens (tertiary/aromatic N) is 1. The molecule has 6 N–H and O–H groups in total. The Morgan fingerprint density at radius 3 is 2.38 bits per heavy atom. The van der Waals surface area contributed by atoms with Crippen molar-refractivity contribution in [2.75, 3.05) is 6.54 Å². The molecule has 32 heavy (non-hydrogen) atoms. The number of likely N-dealkylation sites (tertiary alicyclic amines) is 1. The van der Waals surface area contributed by atoms with Crippen LogP contribution in [0.3, 0.4) is 0 Å². The molecule has 0 aromatic rings. The van der Waals surface area contributed by atoms with Gasteiger partial charge in [0.1, 0.15) is 12.1 Å². The van der Waals surface area contributed by atoms with Crippen molar-refractivity contribution < 1.29 is 19.2 Å². The molecule has 9 nitrogen and oxygen atoms in total. The van der Waals surface area contributed by atoms with Gasteiger partial charge < -0.3 is 27.0 Å². The molecule has 6 atom stereocenters. The molecule has 178 valence electrons. The zero-order chi connectivity index (χ0) is 23.8. The molecule has 9 heteroatoms. The number of nitrogens with one attached hydrogen (secondary N) is 2. The van der Waals surface area contributed by atoms with Gasteiger partial charge in [-0.3, -0.25) is 19.2 Å². The lowest BCUT2D eigenvalue weighted by molar-refractivity contribution is -0.143. The van der Waals surface area contributed by atoms with Crippen molar-refractivity contribution >= 4 is 23.6 Å². The number of primary amides is 1. The normalized spacial score (nSPS) is 33.3. The highest BCUT2D eigenvalue weighted by atomic mass is 16.2. The van der Waals surface area contributed by atoms with Crippen LogP contribution in [0.1, 0.15) is 60.3 Å². The SMILES string of the molecule is CC(C)(C)[C@H](N)C(=O)N1C[C@H]2[C@@H]([C@H]1C(=O)N[C@@H](C[C@H]1CC3(CC3)NC1=O)C(N)=O)C2(C)C. The van der Waals surface area contributed by atoms with Crippen LogP contribution >= 0.6 is 0 Å². The highest BCUT2D eigenvalue weighted by Crippen LogP contribution is 2.65. The minimum absolute atomic E-state index is 0.0108. The summed E-state index contributed by atoms with van der Waals surface area (Å²) in [7, 11) is 0. The Morgan fingerprint density at radius 1 is 1.25 bits per heavy atom. The average molecular weight is 448 g/mol. The second-order valence-electron chi connectivity index (χ2n) is 12.1. The first-order valence-corrected chi connectivity index (χ1v) is 11.7. The lowest BCUT2D eigenvalue weighted by Gasteiger charge is -2.36. The minimum atomic E-state index is -0.957. The Bertz CT molecular complexity index is 859. The maximum absolute atomic E-state index is 13.4. The maximum atomic E-state index is 13.4. The van der Waals surface area contributed by atoms with E-state index in [1.165, 1.54) is 0 Å². The van der Waals surface area contributed by atoms with Crippen molar-refractivity contribution in [1.29, 1.82) is 0 Å². The van der Waals surface area contributed by atoms with Crippen molar-refractivity contribution in [1.82, 2.24) is 15.5 Å². The molecule has 0 aromatic heterocycles. The molecule has 4 aliphatic rings. The van der Waals surface area contributed by atoms with E-state index < -0.39 is 29.4 Å². The minimum Gasteiger partial charge on any atom is -0.368 e. The van der Waals surface area contributed by atoms with Crippen LogP contribution in [0.5, 0.6) is 0 Å². The van der Waals surface area contributed by atoms with E-state index in [2.05, 4.69) is 24.5 Å². The molecular formula is C23H37N5O4. The molecule has 2 aliphatic heterocycles. The zero-order valence-electron chi connectivity index (χ0n) is 19.7. The van der Waals surface area contributed by atoms with E-state index in [9.17, 15) is 19.2 Å². The van der Waals surface area contributed by atoms with Crippen molar-refractivity contribution in [3.05, 3.63) is 0 Å². The van der Waals surface area contributed by atoms with E-state index in [-0.39, 0.29) is 52.8 Å². The fraction of sp³-hybridized carbons (Fsp3) is 0.826. The molecule has 2 heterocycles. The van der Waals surface area contributed by atoms with Gasteiger partial charge in [-0.2, -0.15) is 0 Å². The molecule has 1 spiro atoms. The van der Waals surface area contributed by atoms with E-state index in [4.69, 9.17) is 11.5 Å². The maximum Gasteiger partial charge on any atom is 0.243 e. The van der Waals surface area contributed by atoms with E-state index in [0.717, 1.165) is 12.8 Å². The van der Waals surface area contributed by atoms with Crippen LogP contribution in [0.2, 0.25) is 0 Å². The summed E-state index contributed by atoms with van der Waals surface area (Å²) in [4.78, 5) is 52.7. The smallest absolute Gasteiger partial charge is 0.243 e. The quantitative estimate of drug-likeness (QED) is 0.448. The molecule has 0 unspecified atom stereocenters. The zero-order valence-corrected chi connectivity index (χ0v) is 19.7. The van der Waals surface area contributed by atoms with E-state index in [0.29, 0.717) is 13.0 Å². The second-order valence-corrected chi connectivity index (χ2v) is 12.1. The average Bonchev–Trinajstić information content (AvgIpc) is 3.39. The molecule has 4 amide bonds. The first kappa shape index (κ1) is 23.0. The standard InChI is InChI=1S/C23H37N5O4/c1-21(2,3)16(24)20(32)28-10-12-14(22(12,4)5)15(28)19(31)26-13(17(25)29)8-11-9-23(6-7-23)27-18(11)30/h11-16H,6-10,24H2,1-5H3,(H2,25,29)(H,26,31)(H,27,30)/t11-,12-,13-,14-,15-,16+/m0/s1. The molecule has 4 fully saturated rings. The fourth-order valence-electron chi connectivity index (χ4n) is 5.80. The Hall–Kier alpha value is -2.16. The van der Waals surface area contributed by atoms with Gasteiger partial charge in [0.05, 0.1) is 6.04 Å². The first-order chi connectivity index (χ1) is 14.7. The third kappa shape index (κ3) is 3.78. The van der Waals surface area contributed by atoms with Crippen LogP contribution in [-0.4, -0.2) is 58.7 Å². The van der Waals surface area contributed by atoms with Gasteiger partial charge in [-0.05, 0) is 48.3 Å². The molecular weight excluding hydrogens is 410 g/mol. The second kappa shape index (κ2) is 7.17. The largest absolute Gasteiger partial charge is 0.368 e. The number of carbonyl (C=O) groups is 4. The lowest BCUT2D eigenvalue weighted by Crippen LogP contribution is -2.59. The van der Waals surface area contributed by atoms with Crippen LogP contribution < -0.4 is 22.1 Å². The Morgan fingerprint density at radius 2 is 1.88 bits per heavy atom. The number of rotatable bonds is 6. The van der Waals surface area contributed by atoms with Gasteiger partial charge in [-0.1, -0.05) is 34.6 Å². The molecule has 2 saturated heterocycles. The van der Waals surface area contributed by atoms with Gasteiger partial charge in [-0.15, -0.1) is 0 Å². The Labute approximate surface area is 189 Å². The summed E-state index contributed by atoms with van der Waals surface area (Å²) < 4.78 is 0. The molecule has 2 aliphatic carbocycles. The number of fused-ring (bicyclic) bond motifs is 1. The number of hydrogen-bond donors (Lipinski definition) is 4. The summed E-state index contributed by atoms with van der Waals surface area (Å²) >= 11 is 0. The summed E-state index contributed by atoms with van der Waals surface area (Å²) in [5.74, 6) is -1.51. The number of nitrogens with two attached hydrogens (primary N) is 2. The van der Waals surface area contributed by atoms with Crippen molar-refractivity contribution in [3.8, 4) is 0 Å². The third-order valence-corrected chi connectivity index (χ3v) is 8.39. The summed E-state index contributed by atoms with van der Waals surface area (Å²) in [6.45, 7) is 10.4. The van der Waals surface area contributed by atoms with Crippen LogP contribution in [-0.2, 0) is 19.2 Å². The third-order valence-electron chi connectivity index (χ3n) is 8.39. The predicted octanol–water partition coefficient (Wildman–Crippen LogP) is -0.128. The Kier molecular flexibility index (Phi) is 5.16. The molecule has 0 aromatic carbocycles. The number of carbonyl (C=O) groups excluding carboxylic acids is 4. The molecule has 0 radical (unpaired) electrons. The molecule has 2 saturated carbocycles. The summed E-state index contributed by atoms with van der Waals surface area (Å²) in [5, 5.41) is 5.79. The van der Waals surface area contributed by atoms with Crippen LogP contribution in [0.15, 0.2) is 0 Å². The van der Waals surface area contributed by atoms with Gasteiger partial charge >= 0.3 is 0 Å². The van der Waals surface area contributed by atoms with Crippen LogP contribution in [0.4, 0.5) is 0 Å². The predicted molar refractivity (Wildman–Crippen MR) is 118 cm³/mol. The summed E-state index contributed by atoms with van der Waals surface area (Å²) in [6.07, 6.45) is 2.74. The highest BCUT2D eigenvalue weighted by Gasteiger charge is 2.69. The number of piperidine rings is 1. The van der Waals surface area contributed by atoms with Crippen LogP contribution in [0, 0.1) is 28.6 Å². The van der Waals surface area contributed by atoms with Gasteiger partial charge in [0.25, 0.3) is 0 Å². The number of amides is 4. The van der Waals surface area contributed by atoms with Crippen molar-refractivity contribution in [3.63, 3.8) is 0 Å². The Balaban J connectivity index is 1.49. The van der Waals surface area contributed by atoms with E-state index in [1.54, 1.807) is 4.90 Å². The summed E-state index contributed by atoms with van der Waals surface area (Å²) in [6, 6.07) is -2.38. The van der Waals surface area contributed by atoms with Gasteiger partial charge in [0.2, 0.25) is 23.6 Å². The summed E-state index contributed by atoms with van der Waals surface area (Å²) in [5.41, 5.74) is 11.2. The van der Waals surface area contributed by atoms with Crippen LogP contribution in [0.25, 0.3) is 0 Å².